The minimum atomic E-state index is 0.979. The van der Waals surface area contributed by atoms with Crippen molar-refractivity contribution in [2.45, 2.75) is 45.4 Å². The molecular formula is C17H22S. The first-order chi connectivity index (χ1) is 8.83. The SMILES string of the molecule is CC1CCCC1CCCc1cc2ccccc2s1. The zero-order chi connectivity index (χ0) is 12.4. The third kappa shape index (κ3) is 2.61. The van der Waals surface area contributed by atoms with Gasteiger partial charge in [0.05, 0.1) is 0 Å². The van der Waals surface area contributed by atoms with Crippen LogP contribution in [0, 0.1) is 11.8 Å². The molecule has 0 spiro atoms. The highest BCUT2D eigenvalue weighted by atomic mass is 32.1. The monoisotopic (exact) mass is 258 g/mol. The Kier molecular flexibility index (Phi) is 3.69. The molecule has 1 aromatic carbocycles. The molecule has 1 aliphatic carbocycles. The molecule has 1 fully saturated rings. The van der Waals surface area contributed by atoms with Crippen molar-refractivity contribution in [1.29, 1.82) is 0 Å². The third-order valence-corrected chi connectivity index (χ3v) is 5.69. The fraction of sp³-hybridized carbons (Fsp3) is 0.529. The number of benzene rings is 1. The first-order valence-electron chi connectivity index (χ1n) is 7.30. The predicted octanol–water partition coefficient (Wildman–Crippen LogP) is 5.66. The van der Waals surface area contributed by atoms with Crippen molar-refractivity contribution in [3.63, 3.8) is 0 Å². The maximum absolute atomic E-state index is 2.44. The molecule has 0 amide bonds. The maximum atomic E-state index is 2.44. The summed E-state index contributed by atoms with van der Waals surface area (Å²) in [5.74, 6) is 1.99. The molecule has 0 nitrogen and oxygen atoms in total. The van der Waals surface area contributed by atoms with Gasteiger partial charge in [0.1, 0.15) is 0 Å². The zero-order valence-corrected chi connectivity index (χ0v) is 12.0. The third-order valence-electron chi connectivity index (χ3n) is 4.51. The van der Waals surface area contributed by atoms with E-state index < -0.39 is 0 Å². The summed E-state index contributed by atoms with van der Waals surface area (Å²) in [6, 6.07) is 11.1. The summed E-state index contributed by atoms with van der Waals surface area (Å²) < 4.78 is 1.45. The molecule has 1 aromatic heterocycles. The van der Waals surface area contributed by atoms with Crippen LogP contribution in [0.3, 0.4) is 0 Å². The molecule has 1 saturated carbocycles. The largest absolute Gasteiger partial charge is 0.140 e. The van der Waals surface area contributed by atoms with E-state index in [1.54, 1.807) is 4.88 Å². The number of rotatable bonds is 4. The molecule has 96 valence electrons. The van der Waals surface area contributed by atoms with Crippen LogP contribution in [0.1, 0.15) is 43.9 Å². The van der Waals surface area contributed by atoms with Crippen LogP contribution < -0.4 is 0 Å². The van der Waals surface area contributed by atoms with Crippen LogP contribution in [0.15, 0.2) is 30.3 Å². The Morgan fingerprint density at radius 3 is 2.89 bits per heavy atom. The number of aryl methyl sites for hydroxylation is 1. The van der Waals surface area contributed by atoms with Gasteiger partial charge in [0.2, 0.25) is 0 Å². The van der Waals surface area contributed by atoms with E-state index in [9.17, 15) is 0 Å². The van der Waals surface area contributed by atoms with Crippen molar-refractivity contribution in [1.82, 2.24) is 0 Å². The van der Waals surface area contributed by atoms with E-state index in [-0.39, 0.29) is 0 Å². The molecule has 1 aliphatic rings. The van der Waals surface area contributed by atoms with E-state index in [0.29, 0.717) is 0 Å². The molecule has 2 unspecified atom stereocenters. The highest BCUT2D eigenvalue weighted by Crippen LogP contribution is 2.35. The molecule has 0 bridgehead atoms. The van der Waals surface area contributed by atoms with Crippen LogP contribution in [0.5, 0.6) is 0 Å². The summed E-state index contributed by atoms with van der Waals surface area (Å²) in [5, 5.41) is 1.42. The van der Waals surface area contributed by atoms with Crippen LogP contribution in [0.4, 0.5) is 0 Å². The Morgan fingerprint density at radius 1 is 1.22 bits per heavy atom. The van der Waals surface area contributed by atoms with Gasteiger partial charge >= 0.3 is 0 Å². The van der Waals surface area contributed by atoms with Crippen molar-refractivity contribution in [3.8, 4) is 0 Å². The maximum Gasteiger partial charge on any atom is 0.0345 e. The van der Waals surface area contributed by atoms with Crippen molar-refractivity contribution in [2.24, 2.45) is 11.8 Å². The number of thiophene rings is 1. The minimum absolute atomic E-state index is 0.979. The summed E-state index contributed by atoms with van der Waals surface area (Å²) in [5.41, 5.74) is 0. The lowest BCUT2D eigenvalue weighted by Gasteiger charge is -2.14. The number of hydrogen-bond donors (Lipinski definition) is 0. The van der Waals surface area contributed by atoms with E-state index >= 15 is 0 Å². The Balaban J connectivity index is 1.56. The number of fused-ring (bicyclic) bond motifs is 1. The molecule has 18 heavy (non-hydrogen) atoms. The summed E-state index contributed by atoms with van der Waals surface area (Å²) in [6.45, 7) is 2.44. The first-order valence-corrected chi connectivity index (χ1v) is 8.12. The zero-order valence-electron chi connectivity index (χ0n) is 11.2. The molecule has 0 N–H and O–H groups in total. The normalized spacial score (nSPS) is 23.8. The molecule has 3 rings (SSSR count). The lowest BCUT2D eigenvalue weighted by Crippen LogP contribution is -2.03. The molecule has 2 atom stereocenters. The minimum Gasteiger partial charge on any atom is -0.140 e. The van der Waals surface area contributed by atoms with Gasteiger partial charge < -0.3 is 0 Å². The van der Waals surface area contributed by atoms with Crippen molar-refractivity contribution >= 4 is 21.4 Å². The van der Waals surface area contributed by atoms with E-state index in [2.05, 4.69) is 37.3 Å². The average Bonchev–Trinajstić information content (AvgIpc) is 2.96. The quantitative estimate of drug-likeness (QED) is 0.663. The Bertz CT molecular complexity index is 478. The van der Waals surface area contributed by atoms with Gasteiger partial charge in [0.25, 0.3) is 0 Å². The summed E-state index contributed by atoms with van der Waals surface area (Å²) in [7, 11) is 0. The van der Waals surface area contributed by atoms with Crippen LogP contribution in [-0.2, 0) is 6.42 Å². The molecule has 1 heteroatoms. The lowest BCUT2D eigenvalue weighted by atomic mass is 9.92. The predicted molar refractivity (Wildman–Crippen MR) is 81.3 cm³/mol. The summed E-state index contributed by atoms with van der Waals surface area (Å²) in [6.07, 6.45) is 8.51. The van der Waals surface area contributed by atoms with Gasteiger partial charge in [0.15, 0.2) is 0 Å². The van der Waals surface area contributed by atoms with Crippen LogP contribution in [0.25, 0.3) is 10.1 Å². The topological polar surface area (TPSA) is 0 Å². The summed E-state index contributed by atoms with van der Waals surface area (Å²) >= 11 is 1.98. The number of hydrogen-bond acceptors (Lipinski definition) is 1. The second kappa shape index (κ2) is 5.44. The van der Waals surface area contributed by atoms with Gasteiger partial charge in [-0.3, -0.25) is 0 Å². The Morgan fingerprint density at radius 2 is 2.11 bits per heavy atom. The van der Waals surface area contributed by atoms with E-state index in [0.717, 1.165) is 11.8 Å². The van der Waals surface area contributed by atoms with Crippen LogP contribution >= 0.6 is 11.3 Å². The van der Waals surface area contributed by atoms with Gasteiger partial charge in [-0.15, -0.1) is 11.3 Å². The van der Waals surface area contributed by atoms with Gasteiger partial charge in [-0.25, -0.2) is 0 Å². The molecule has 0 aliphatic heterocycles. The summed E-state index contributed by atoms with van der Waals surface area (Å²) in [4.78, 5) is 1.57. The van der Waals surface area contributed by atoms with E-state index in [1.165, 1.54) is 48.6 Å². The lowest BCUT2D eigenvalue weighted by molar-refractivity contribution is 0.382. The molecule has 1 heterocycles. The highest BCUT2D eigenvalue weighted by Gasteiger charge is 2.22. The van der Waals surface area contributed by atoms with Gasteiger partial charge in [-0.05, 0) is 48.6 Å². The standard InChI is InChI=1S/C17H22S/c1-13-6-4-8-14(13)9-5-10-16-12-15-7-2-3-11-17(15)18-16/h2-3,7,11-14H,4-6,8-10H2,1H3. The van der Waals surface area contributed by atoms with Crippen LogP contribution in [-0.4, -0.2) is 0 Å². The molecule has 0 radical (unpaired) electrons. The molecule has 0 saturated heterocycles. The molecule has 2 aromatic rings. The second-order valence-corrected chi connectivity index (χ2v) is 6.98. The van der Waals surface area contributed by atoms with Crippen molar-refractivity contribution < 1.29 is 0 Å². The van der Waals surface area contributed by atoms with Gasteiger partial charge in [0, 0.05) is 9.58 Å². The fourth-order valence-corrected chi connectivity index (χ4v) is 4.46. The smallest absolute Gasteiger partial charge is 0.0345 e. The van der Waals surface area contributed by atoms with E-state index in [1.807, 2.05) is 11.3 Å². The van der Waals surface area contributed by atoms with Crippen LogP contribution in [0.2, 0.25) is 0 Å². The van der Waals surface area contributed by atoms with E-state index in [4.69, 9.17) is 0 Å². The Labute approximate surface area is 114 Å². The van der Waals surface area contributed by atoms with Gasteiger partial charge in [-0.1, -0.05) is 44.4 Å². The Hall–Kier alpha value is -0.820. The molecular weight excluding hydrogens is 236 g/mol. The second-order valence-electron chi connectivity index (χ2n) is 5.81. The first kappa shape index (κ1) is 12.2. The van der Waals surface area contributed by atoms with Crippen molar-refractivity contribution in [3.05, 3.63) is 35.2 Å². The fourth-order valence-electron chi connectivity index (χ4n) is 3.35. The average molecular weight is 258 g/mol. The highest BCUT2D eigenvalue weighted by molar-refractivity contribution is 7.19. The van der Waals surface area contributed by atoms with Gasteiger partial charge in [-0.2, -0.15) is 0 Å². The van der Waals surface area contributed by atoms with Crippen molar-refractivity contribution in [2.75, 3.05) is 0 Å².